The van der Waals surface area contributed by atoms with E-state index >= 15 is 0 Å². The zero-order valence-corrected chi connectivity index (χ0v) is 17.5. The quantitative estimate of drug-likeness (QED) is 0.679. The number of imidazole rings is 1. The van der Waals surface area contributed by atoms with Crippen LogP contribution in [0.25, 0.3) is 11.3 Å². The predicted molar refractivity (Wildman–Crippen MR) is 112 cm³/mol. The van der Waals surface area contributed by atoms with Crippen molar-refractivity contribution in [1.29, 1.82) is 0 Å². The predicted octanol–water partition coefficient (Wildman–Crippen LogP) is 3.17. The van der Waals surface area contributed by atoms with Gasteiger partial charge in [0.25, 0.3) is 0 Å². The minimum Gasteiger partial charge on any atom is -0.325 e. The van der Waals surface area contributed by atoms with Crippen molar-refractivity contribution >= 4 is 11.3 Å². The monoisotopic (exact) mass is 396 g/mol. The summed E-state index contributed by atoms with van der Waals surface area (Å²) in [6, 6.07) is 4.41. The van der Waals surface area contributed by atoms with E-state index in [0.717, 1.165) is 57.7 Å². The molecule has 3 aromatic rings. The average Bonchev–Trinajstić information content (AvgIpc) is 3.45. The van der Waals surface area contributed by atoms with E-state index in [4.69, 9.17) is 4.98 Å². The normalized spacial score (nSPS) is 19.9. The number of aryl methyl sites for hydroxylation is 1. The fourth-order valence-corrected chi connectivity index (χ4v) is 5.78. The molecule has 2 aliphatic heterocycles. The van der Waals surface area contributed by atoms with Crippen LogP contribution in [-0.4, -0.2) is 55.3 Å². The standard InChI is InChI=1S/C21H28N6S/c1-3-26-10-11-27-19(17-13-23-24(2)15-17)14-22-20(27)21(26)6-8-25(9-7-21)16-18-5-4-12-28-18/h4-5,12-15H,3,6-11,16H2,1-2H3. The van der Waals surface area contributed by atoms with Crippen molar-refractivity contribution in [2.24, 2.45) is 7.05 Å². The Morgan fingerprint density at radius 2 is 2.00 bits per heavy atom. The number of rotatable bonds is 4. The molecule has 1 spiro atoms. The molecule has 0 bridgehead atoms. The number of hydrogen-bond acceptors (Lipinski definition) is 5. The molecule has 0 aromatic carbocycles. The molecule has 0 amide bonds. The fraction of sp³-hybridized carbons (Fsp3) is 0.524. The molecule has 0 unspecified atom stereocenters. The number of fused-ring (bicyclic) bond motifs is 2. The van der Waals surface area contributed by atoms with E-state index in [0.29, 0.717) is 0 Å². The summed E-state index contributed by atoms with van der Waals surface area (Å²) in [6.07, 6.45) is 8.40. The van der Waals surface area contributed by atoms with Crippen molar-refractivity contribution in [3.8, 4) is 11.3 Å². The minimum atomic E-state index is 0.0689. The molecule has 1 saturated heterocycles. The lowest BCUT2D eigenvalue weighted by molar-refractivity contribution is -0.00751. The van der Waals surface area contributed by atoms with Gasteiger partial charge in [-0.1, -0.05) is 13.0 Å². The summed E-state index contributed by atoms with van der Waals surface area (Å²) in [7, 11) is 1.97. The van der Waals surface area contributed by atoms with E-state index in [1.165, 1.54) is 16.4 Å². The Balaban J connectivity index is 1.43. The Hall–Kier alpha value is -1.96. The highest BCUT2D eigenvalue weighted by molar-refractivity contribution is 7.09. The van der Waals surface area contributed by atoms with Crippen LogP contribution < -0.4 is 0 Å². The van der Waals surface area contributed by atoms with E-state index in [1.54, 1.807) is 0 Å². The molecule has 3 aromatic heterocycles. The van der Waals surface area contributed by atoms with Gasteiger partial charge >= 0.3 is 0 Å². The highest BCUT2D eigenvalue weighted by Crippen LogP contribution is 2.42. The van der Waals surface area contributed by atoms with Crippen LogP contribution in [-0.2, 0) is 25.7 Å². The maximum Gasteiger partial charge on any atom is 0.129 e. The summed E-state index contributed by atoms with van der Waals surface area (Å²) < 4.78 is 4.33. The first kappa shape index (κ1) is 18.1. The van der Waals surface area contributed by atoms with E-state index in [1.807, 2.05) is 29.3 Å². The Kier molecular flexibility index (Phi) is 4.61. The van der Waals surface area contributed by atoms with Crippen LogP contribution in [0.5, 0.6) is 0 Å². The third-order valence-electron chi connectivity index (χ3n) is 6.50. The van der Waals surface area contributed by atoms with Crippen molar-refractivity contribution in [2.75, 3.05) is 26.2 Å². The molecule has 0 saturated carbocycles. The van der Waals surface area contributed by atoms with Crippen LogP contribution in [0.2, 0.25) is 0 Å². The number of piperidine rings is 1. The third kappa shape index (κ3) is 2.93. The van der Waals surface area contributed by atoms with Gasteiger partial charge in [-0.05, 0) is 30.8 Å². The SMILES string of the molecule is CCN1CCn2c(-c3cnn(C)c3)cnc2C12CCN(Cc1cccs1)CC2. The van der Waals surface area contributed by atoms with Gasteiger partial charge in [-0.15, -0.1) is 11.3 Å². The smallest absolute Gasteiger partial charge is 0.129 e. The molecule has 148 valence electrons. The lowest BCUT2D eigenvalue weighted by atomic mass is 9.83. The molecule has 2 aliphatic rings. The summed E-state index contributed by atoms with van der Waals surface area (Å²) in [5.74, 6) is 1.26. The summed E-state index contributed by atoms with van der Waals surface area (Å²) in [5, 5.41) is 6.54. The molecule has 0 radical (unpaired) electrons. The zero-order valence-electron chi connectivity index (χ0n) is 16.7. The molecule has 0 N–H and O–H groups in total. The van der Waals surface area contributed by atoms with Crippen molar-refractivity contribution < 1.29 is 0 Å². The largest absolute Gasteiger partial charge is 0.325 e. The highest BCUT2D eigenvalue weighted by Gasteiger charge is 2.46. The van der Waals surface area contributed by atoms with Crippen LogP contribution in [0.3, 0.4) is 0 Å². The topological polar surface area (TPSA) is 42.1 Å². The second kappa shape index (κ2) is 7.13. The van der Waals surface area contributed by atoms with Gasteiger partial charge < -0.3 is 4.57 Å². The van der Waals surface area contributed by atoms with Gasteiger partial charge in [0.2, 0.25) is 0 Å². The first-order valence-corrected chi connectivity index (χ1v) is 11.1. The summed E-state index contributed by atoms with van der Waals surface area (Å²) in [5.41, 5.74) is 2.44. The fourth-order valence-electron chi connectivity index (χ4n) is 5.04. The van der Waals surface area contributed by atoms with Gasteiger partial charge in [0.15, 0.2) is 0 Å². The summed E-state index contributed by atoms with van der Waals surface area (Å²) in [4.78, 5) is 11.7. The number of hydrogen-bond donors (Lipinski definition) is 0. The number of aromatic nitrogens is 4. The van der Waals surface area contributed by atoms with Gasteiger partial charge in [-0.25, -0.2) is 4.98 Å². The lowest BCUT2D eigenvalue weighted by Gasteiger charge is -2.50. The van der Waals surface area contributed by atoms with E-state index < -0.39 is 0 Å². The van der Waals surface area contributed by atoms with Crippen LogP contribution in [0, 0.1) is 0 Å². The van der Waals surface area contributed by atoms with E-state index in [2.05, 4.69) is 56.3 Å². The van der Waals surface area contributed by atoms with Crippen molar-refractivity contribution in [1.82, 2.24) is 29.1 Å². The molecular formula is C21H28N6S. The maximum atomic E-state index is 4.99. The Labute approximate surface area is 170 Å². The van der Waals surface area contributed by atoms with Gasteiger partial charge in [0.05, 0.1) is 23.6 Å². The number of thiophene rings is 1. The molecule has 28 heavy (non-hydrogen) atoms. The van der Waals surface area contributed by atoms with Crippen LogP contribution >= 0.6 is 11.3 Å². The third-order valence-corrected chi connectivity index (χ3v) is 7.36. The molecule has 0 atom stereocenters. The lowest BCUT2D eigenvalue weighted by Crippen LogP contribution is -2.57. The van der Waals surface area contributed by atoms with Gasteiger partial charge in [-0.2, -0.15) is 5.10 Å². The van der Waals surface area contributed by atoms with Crippen molar-refractivity contribution in [3.05, 3.63) is 46.8 Å². The molecule has 5 heterocycles. The molecule has 1 fully saturated rings. The second-order valence-electron chi connectivity index (χ2n) is 7.99. The summed E-state index contributed by atoms with van der Waals surface area (Å²) in [6.45, 7) is 8.81. The Morgan fingerprint density at radius 1 is 1.14 bits per heavy atom. The van der Waals surface area contributed by atoms with Gasteiger partial charge in [0.1, 0.15) is 5.82 Å². The molecular weight excluding hydrogens is 368 g/mol. The number of likely N-dealkylation sites (tertiary alicyclic amines) is 1. The van der Waals surface area contributed by atoms with Crippen LogP contribution in [0.15, 0.2) is 36.1 Å². The maximum absolute atomic E-state index is 4.99. The zero-order chi connectivity index (χ0) is 19.1. The first-order valence-electron chi connectivity index (χ1n) is 10.2. The van der Waals surface area contributed by atoms with Gasteiger partial charge in [-0.3, -0.25) is 14.5 Å². The van der Waals surface area contributed by atoms with Gasteiger partial charge in [0, 0.05) is 56.4 Å². The molecule has 0 aliphatic carbocycles. The number of likely N-dealkylation sites (N-methyl/N-ethyl adjacent to an activating group) is 1. The Morgan fingerprint density at radius 3 is 2.68 bits per heavy atom. The summed E-state index contributed by atoms with van der Waals surface area (Å²) >= 11 is 1.86. The number of nitrogens with zero attached hydrogens (tertiary/aromatic N) is 6. The minimum absolute atomic E-state index is 0.0689. The Bertz CT molecular complexity index is 932. The van der Waals surface area contributed by atoms with Crippen molar-refractivity contribution in [2.45, 2.75) is 38.4 Å². The van der Waals surface area contributed by atoms with Crippen molar-refractivity contribution in [3.63, 3.8) is 0 Å². The second-order valence-corrected chi connectivity index (χ2v) is 9.02. The molecule has 7 heteroatoms. The average molecular weight is 397 g/mol. The van der Waals surface area contributed by atoms with Crippen LogP contribution in [0.1, 0.15) is 30.5 Å². The highest BCUT2D eigenvalue weighted by atomic mass is 32.1. The molecule has 6 nitrogen and oxygen atoms in total. The van der Waals surface area contributed by atoms with Crippen LogP contribution in [0.4, 0.5) is 0 Å². The van der Waals surface area contributed by atoms with E-state index in [-0.39, 0.29) is 5.54 Å². The molecule has 5 rings (SSSR count). The first-order chi connectivity index (χ1) is 13.7. The van der Waals surface area contributed by atoms with E-state index in [9.17, 15) is 0 Å².